The van der Waals surface area contributed by atoms with Gasteiger partial charge in [-0.2, -0.15) is 0 Å². The number of esters is 1. The number of carbonyl (C=O) groups is 2. The standard InChI is InChI=1S/C71H121N2O7P/c1-7-10-13-16-19-22-25-27-29-31-33-34-35-36-37-38-40-42-44-46-49-52-55-58-61-64-71(75)80-69(62-59-56-53-50-47-24-21-18-15-12-9-3)68(67-79-81(76,77)78-66-65-73(4,5)6)72-70(74)63-60-57-54-51-48-45-43-41-39-32-30-28-26-23-20-17-14-11-8-2/h10-11,13-14,19-20,22-23,27-30,33-34,36-37,39,41,45,48,59,62,68-69H,7-9,12,15-18,21,24-26,31-32,35,38,40,42-44,46-47,49-58,60-61,63-67H2,1-6H3,(H-,72,74,76,77)/p+1/b13-10-,14-11-,22-19-,23-20-,29-27-,30-28-,34-33-,37-36-,41-39-,48-45-,62-59-. The summed E-state index contributed by atoms with van der Waals surface area (Å²) in [6.07, 6.45) is 84.6. The van der Waals surface area contributed by atoms with Gasteiger partial charge in [0.1, 0.15) is 19.3 Å². The average molecular weight is 1150 g/mol. The number of rotatable bonds is 57. The van der Waals surface area contributed by atoms with E-state index in [-0.39, 0.29) is 37.9 Å². The number of nitrogens with zero attached hydrogens (tertiary/aromatic N) is 1. The summed E-state index contributed by atoms with van der Waals surface area (Å²) in [6.45, 7) is 6.74. The molecule has 0 fully saturated rings. The molecule has 81 heavy (non-hydrogen) atoms. The molecule has 462 valence electrons. The number of ether oxygens (including phenoxy) is 1. The van der Waals surface area contributed by atoms with Gasteiger partial charge in [-0.25, -0.2) is 4.57 Å². The van der Waals surface area contributed by atoms with Gasteiger partial charge in [-0.05, 0) is 122 Å². The first-order valence-electron chi connectivity index (χ1n) is 32.5. The number of phosphoric ester groups is 1. The molecular formula is C71H122N2O7P+. The lowest BCUT2D eigenvalue weighted by Gasteiger charge is -2.27. The van der Waals surface area contributed by atoms with Crippen molar-refractivity contribution in [1.82, 2.24) is 5.32 Å². The zero-order valence-corrected chi connectivity index (χ0v) is 53.6. The quantitative estimate of drug-likeness (QED) is 0.0205. The van der Waals surface area contributed by atoms with Crippen LogP contribution in [0.5, 0.6) is 0 Å². The number of quaternary nitrogens is 1. The number of hydrogen-bond donors (Lipinski definition) is 2. The van der Waals surface area contributed by atoms with Crippen LogP contribution in [0.3, 0.4) is 0 Å². The monoisotopic (exact) mass is 1150 g/mol. The Bertz CT molecular complexity index is 1850. The molecule has 0 rings (SSSR count). The Hall–Kier alpha value is -3.85. The van der Waals surface area contributed by atoms with Crippen molar-refractivity contribution in [3.63, 3.8) is 0 Å². The zero-order valence-electron chi connectivity index (χ0n) is 52.7. The molecule has 0 aliphatic heterocycles. The van der Waals surface area contributed by atoms with E-state index in [9.17, 15) is 19.0 Å². The maximum atomic E-state index is 13.6. The second kappa shape index (κ2) is 59.3. The number of allylic oxidation sites excluding steroid dienone is 21. The molecule has 1 amide bonds. The molecule has 0 aromatic carbocycles. The molecule has 3 unspecified atom stereocenters. The summed E-state index contributed by atoms with van der Waals surface area (Å²) in [7, 11) is 1.45. The molecule has 0 aromatic heterocycles. The van der Waals surface area contributed by atoms with E-state index in [0.29, 0.717) is 17.4 Å². The minimum Gasteiger partial charge on any atom is -0.456 e. The van der Waals surface area contributed by atoms with Crippen molar-refractivity contribution in [2.75, 3.05) is 40.9 Å². The summed E-state index contributed by atoms with van der Waals surface area (Å²) in [5.74, 6) is -0.559. The Balaban J connectivity index is 5.20. The number of nitrogens with one attached hydrogen (secondary N) is 1. The molecule has 0 aromatic rings. The largest absolute Gasteiger partial charge is 0.472 e. The summed E-state index contributed by atoms with van der Waals surface area (Å²) in [5, 5.41) is 3.03. The first-order valence-corrected chi connectivity index (χ1v) is 34.0. The van der Waals surface area contributed by atoms with Gasteiger partial charge in [0.15, 0.2) is 0 Å². The van der Waals surface area contributed by atoms with E-state index >= 15 is 0 Å². The topological polar surface area (TPSA) is 111 Å². The molecule has 0 saturated carbocycles. The van der Waals surface area contributed by atoms with E-state index < -0.39 is 20.0 Å². The van der Waals surface area contributed by atoms with E-state index in [1.54, 1.807) is 0 Å². The minimum atomic E-state index is -4.47. The van der Waals surface area contributed by atoms with Crippen LogP contribution in [0.15, 0.2) is 134 Å². The van der Waals surface area contributed by atoms with Gasteiger partial charge < -0.3 is 19.4 Å². The summed E-state index contributed by atoms with van der Waals surface area (Å²) in [4.78, 5) is 37.8. The lowest BCUT2D eigenvalue weighted by molar-refractivity contribution is -0.870. The zero-order chi connectivity index (χ0) is 59.3. The Morgan fingerprint density at radius 3 is 1.20 bits per heavy atom. The summed E-state index contributed by atoms with van der Waals surface area (Å²) < 4.78 is 30.7. The fourth-order valence-corrected chi connectivity index (χ4v) is 9.38. The molecule has 0 heterocycles. The first-order chi connectivity index (χ1) is 39.4. The number of amides is 1. The van der Waals surface area contributed by atoms with E-state index in [1.165, 1.54) is 77.0 Å². The second-order valence-electron chi connectivity index (χ2n) is 22.5. The Labute approximate surface area is 498 Å². The number of carbonyl (C=O) groups excluding carboxylic acids is 2. The lowest BCUT2D eigenvalue weighted by Crippen LogP contribution is -2.47. The van der Waals surface area contributed by atoms with Crippen molar-refractivity contribution in [2.45, 2.75) is 264 Å². The highest BCUT2D eigenvalue weighted by atomic mass is 31.2. The number of hydrogen-bond acceptors (Lipinski definition) is 6. The molecule has 3 atom stereocenters. The number of likely N-dealkylation sites (N-methyl/N-ethyl adjacent to an activating group) is 1. The van der Waals surface area contributed by atoms with Gasteiger partial charge in [-0.3, -0.25) is 18.6 Å². The van der Waals surface area contributed by atoms with Crippen LogP contribution in [-0.2, 0) is 27.9 Å². The SMILES string of the molecule is CC/C=C\C/C=C\C/C=C\C/C=C\C/C=C\CCCCCCCCCCCC(=O)OC(/C=C\CCCCCCCCCCC)C(COP(=O)(O)OCC[N+](C)(C)C)NC(=O)CCCCC/C=C\C/C=C\C/C=C\C/C=C\C/C=C\CC. The Kier molecular flexibility index (Phi) is 56.5. The molecule has 0 bridgehead atoms. The molecule has 0 saturated heterocycles. The van der Waals surface area contributed by atoms with Gasteiger partial charge in [-0.1, -0.05) is 251 Å². The predicted molar refractivity (Wildman–Crippen MR) is 350 cm³/mol. The van der Waals surface area contributed by atoms with E-state index in [4.69, 9.17) is 13.8 Å². The minimum absolute atomic E-state index is 0.0252. The highest BCUT2D eigenvalue weighted by Gasteiger charge is 2.30. The van der Waals surface area contributed by atoms with Gasteiger partial charge in [0.25, 0.3) is 0 Å². The normalized spacial score (nSPS) is 14.5. The molecule has 0 radical (unpaired) electrons. The van der Waals surface area contributed by atoms with Crippen LogP contribution in [0.4, 0.5) is 0 Å². The van der Waals surface area contributed by atoms with Crippen molar-refractivity contribution >= 4 is 19.7 Å². The summed E-state index contributed by atoms with van der Waals surface area (Å²) in [5.41, 5.74) is 0. The van der Waals surface area contributed by atoms with Crippen LogP contribution in [0.2, 0.25) is 0 Å². The third kappa shape index (κ3) is 60.6. The first kappa shape index (κ1) is 77.2. The molecule has 2 N–H and O–H groups in total. The molecule has 10 heteroatoms. The maximum absolute atomic E-state index is 13.6. The number of unbranched alkanes of at least 4 members (excludes halogenated alkanes) is 21. The van der Waals surface area contributed by atoms with Crippen molar-refractivity contribution < 1.29 is 37.3 Å². The van der Waals surface area contributed by atoms with Gasteiger partial charge in [0, 0.05) is 12.8 Å². The van der Waals surface area contributed by atoms with Crippen LogP contribution in [-0.4, -0.2) is 74.3 Å². The van der Waals surface area contributed by atoms with Crippen LogP contribution in [0, 0.1) is 0 Å². The smallest absolute Gasteiger partial charge is 0.456 e. The van der Waals surface area contributed by atoms with Gasteiger partial charge >= 0.3 is 13.8 Å². The van der Waals surface area contributed by atoms with Crippen molar-refractivity contribution in [2.24, 2.45) is 0 Å². The maximum Gasteiger partial charge on any atom is 0.472 e. The van der Waals surface area contributed by atoms with Gasteiger partial charge in [0.2, 0.25) is 5.91 Å². The van der Waals surface area contributed by atoms with Crippen LogP contribution < -0.4 is 5.32 Å². The van der Waals surface area contributed by atoms with Crippen LogP contribution >= 0.6 is 7.82 Å². The average Bonchev–Trinajstić information content (AvgIpc) is 3.43. The second-order valence-corrected chi connectivity index (χ2v) is 24.0. The highest BCUT2D eigenvalue weighted by Crippen LogP contribution is 2.43. The molecule has 0 aliphatic rings. The lowest BCUT2D eigenvalue weighted by atomic mass is 10.1. The van der Waals surface area contributed by atoms with Gasteiger partial charge in [-0.15, -0.1) is 0 Å². The summed E-state index contributed by atoms with van der Waals surface area (Å²) in [6, 6.07) is -0.878. The fourth-order valence-electron chi connectivity index (χ4n) is 8.64. The summed E-state index contributed by atoms with van der Waals surface area (Å²) >= 11 is 0. The third-order valence-corrected chi connectivity index (χ3v) is 14.6. The molecular weight excluding hydrogens is 1020 g/mol. The van der Waals surface area contributed by atoms with Crippen molar-refractivity contribution in [3.05, 3.63) is 134 Å². The van der Waals surface area contributed by atoms with Crippen LogP contribution in [0.1, 0.15) is 252 Å². The third-order valence-electron chi connectivity index (χ3n) is 13.6. The molecule has 0 aliphatic carbocycles. The fraction of sp³-hybridized carbons (Fsp3) is 0.662. The van der Waals surface area contributed by atoms with Crippen LogP contribution in [0.25, 0.3) is 0 Å². The Morgan fingerprint density at radius 1 is 0.444 bits per heavy atom. The predicted octanol–water partition coefficient (Wildman–Crippen LogP) is 20.4. The highest BCUT2D eigenvalue weighted by molar-refractivity contribution is 7.47. The number of phosphoric acid groups is 1. The van der Waals surface area contributed by atoms with Crippen molar-refractivity contribution in [1.29, 1.82) is 0 Å². The van der Waals surface area contributed by atoms with E-state index in [2.05, 4.69) is 148 Å². The molecule has 9 nitrogen and oxygen atoms in total. The van der Waals surface area contributed by atoms with Gasteiger partial charge in [0.05, 0.1) is 33.8 Å². The van der Waals surface area contributed by atoms with E-state index in [1.807, 2.05) is 33.3 Å². The van der Waals surface area contributed by atoms with E-state index in [0.717, 1.165) is 135 Å². The Morgan fingerprint density at radius 2 is 0.790 bits per heavy atom. The molecule has 0 spiro atoms. The van der Waals surface area contributed by atoms with Crippen molar-refractivity contribution in [3.8, 4) is 0 Å².